The summed E-state index contributed by atoms with van der Waals surface area (Å²) in [5.41, 5.74) is 1.35. The SMILES string of the molecule is Cc1ccc(CN(C(=O)CN(c2ccc(F)c(Cl)c2)S(C)(=O)=O)[C@@H](C)C(=O)NC(C)(C)C)cc1. The second-order valence-corrected chi connectivity index (χ2v) is 11.6. The molecule has 0 aliphatic carbocycles. The molecule has 7 nitrogen and oxygen atoms in total. The van der Waals surface area contributed by atoms with Crippen molar-refractivity contribution < 1.29 is 22.4 Å². The molecule has 0 aliphatic rings. The third-order valence-corrected chi connectivity index (χ3v) is 6.44. The van der Waals surface area contributed by atoms with Crippen LogP contribution in [0.3, 0.4) is 0 Å². The average Bonchev–Trinajstić information content (AvgIpc) is 2.71. The van der Waals surface area contributed by atoms with Crippen LogP contribution in [0.15, 0.2) is 42.5 Å². The Morgan fingerprint density at radius 3 is 2.21 bits per heavy atom. The number of aryl methyl sites for hydroxylation is 1. The fourth-order valence-corrected chi connectivity index (χ4v) is 4.22. The van der Waals surface area contributed by atoms with Gasteiger partial charge in [0.2, 0.25) is 21.8 Å². The number of halogens is 2. The Hall–Kier alpha value is -2.65. The van der Waals surface area contributed by atoms with Gasteiger partial charge in [0.25, 0.3) is 0 Å². The van der Waals surface area contributed by atoms with Crippen LogP contribution in [0.25, 0.3) is 0 Å². The van der Waals surface area contributed by atoms with Crippen molar-refractivity contribution in [3.05, 3.63) is 64.4 Å². The molecule has 2 amide bonds. The molecule has 0 saturated carbocycles. The fourth-order valence-electron chi connectivity index (χ4n) is 3.20. The molecule has 34 heavy (non-hydrogen) atoms. The predicted octanol–water partition coefficient (Wildman–Crippen LogP) is 3.89. The van der Waals surface area contributed by atoms with Gasteiger partial charge >= 0.3 is 0 Å². The molecule has 1 atom stereocenters. The second-order valence-electron chi connectivity index (χ2n) is 9.29. The maximum absolute atomic E-state index is 13.6. The summed E-state index contributed by atoms with van der Waals surface area (Å²) in [6.07, 6.45) is 0.942. The highest BCUT2D eigenvalue weighted by molar-refractivity contribution is 7.92. The molecule has 10 heteroatoms. The first-order valence-corrected chi connectivity index (χ1v) is 12.9. The Bertz CT molecular complexity index is 1150. The highest BCUT2D eigenvalue weighted by Crippen LogP contribution is 2.25. The van der Waals surface area contributed by atoms with Gasteiger partial charge in [0, 0.05) is 12.1 Å². The van der Waals surface area contributed by atoms with E-state index in [1.54, 1.807) is 6.92 Å². The van der Waals surface area contributed by atoms with Gasteiger partial charge in [-0.1, -0.05) is 41.4 Å². The first kappa shape index (κ1) is 27.6. The molecule has 2 aromatic rings. The molecule has 186 valence electrons. The van der Waals surface area contributed by atoms with E-state index in [0.29, 0.717) is 0 Å². The van der Waals surface area contributed by atoms with Crippen LogP contribution in [0.5, 0.6) is 0 Å². The van der Waals surface area contributed by atoms with Crippen LogP contribution in [-0.2, 0) is 26.2 Å². The van der Waals surface area contributed by atoms with E-state index in [9.17, 15) is 22.4 Å². The van der Waals surface area contributed by atoms with E-state index in [1.807, 2.05) is 52.0 Å². The van der Waals surface area contributed by atoms with Crippen molar-refractivity contribution in [2.75, 3.05) is 17.1 Å². The van der Waals surface area contributed by atoms with Crippen molar-refractivity contribution in [1.29, 1.82) is 0 Å². The summed E-state index contributed by atoms with van der Waals surface area (Å²) in [6, 6.07) is 10.00. The number of nitrogens with one attached hydrogen (secondary N) is 1. The molecule has 2 rings (SSSR count). The van der Waals surface area contributed by atoms with Crippen LogP contribution >= 0.6 is 11.6 Å². The molecular formula is C24H31ClFN3O4S. The number of rotatable bonds is 8. The summed E-state index contributed by atoms with van der Waals surface area (Å²) in [5, 5.41) is 2.58. The third-order valence-electron chi connectivity index (χ3n) is 5.01. The Kier molecular flexibility index (Phi) is 8.71. The van der Waals surface area contributed by atoms with Crippen LogP contribution in [0.2, 0.25) is 5.02 Å². The first-order chi connectivity index (χ1) is 15.6. The molecule has 0 fully saturated rings. The summed E-state index contributed by atoms with van der Waals surface area (Å²) in [4.78, 5) is 27.7. The van der Waals surface area contributed by atoms with E-state index >= 15 is 0 Å². The molecule has 0 bridgehead atoms. The molecule has 0 aliphatic heterocycles. The van der Waals surface area contributed by atoms with Crippen molar-refractivity contribution >= 4 is 39.1 Å². The zero-order valence-corrected chi connectivity index (χ0v) is 21.8. The molecule has 1 N–H and O–H groups in total. The standard InChI is InChI=1S/C24H31ClFN3O4S/c1-16-7-9-18(10-8-16)14-28(17(2)23(31)27-24(3,4)5)22(30)15-29(34(6,32)33)19-11-12-21(26)20(25)13-19/h7-13,17H,14-15H2,1-6H3,(H,27,31)/t17-/m0/s1. The smallest absolute Gasteiger partial charge is 0.244 e. The van der Waals surface area contributed by atoms with Gasteiger partial charge in [-0.2, -0.15) is 0 Å². The average molecular weight is 512 g/mol. The van der Waals surface area contributed by atoms with Gasteiger partial charge in [-0.3, -0.25) is 13.9 Å². The lowest BCUT2D eigenvalue weighted by Gasteiger charge is -2.33. The van der Waals surface area contributed by atoms with E-state index in [-0.39, 0.29) is 23.2 Å². The number of amides is 2. The number of carbonyl (C=O) groups excluding carboxylic acids is 2. The maximum Gasteiger partial charge on any atom is 0.244 e. The van der Waals surface area contributed by atoms with Crippen molar-refractivity contribution in [1.82, 2.24) is 10.2 Å². The van der Waals surface area contributed by atoms with Gasteiger partial charge < -0.3 is 10.2 Å². The molecule has 0 saturated heterocycles. The van der Waals surface area contributed by atoms with Crippen molar-refractivity contribution in [2.24, 2.45) is 0 Å². The predicted molar refractivity (Wildman–Crippen MR) is 133 cm³/mol. The minimum absolute atomic E-state index is 0.0457. The number of anilines is 1. The Morgan fingerprint density at radius 1 is 1.12 bits per heavy atom. The van der Waals surface area contributed by atoms with E-state index < -0.39 is 39.9 Å². The van der Waals surface area contributed by atoms with Gasteiger partial charge in [-0.25, -0.2) is 12.8 Å². The van der Waals surface area contributed by atoms with Crippen molar-refractivity contribution in [3.63, 3.8) is 0 Å². The summed E-state index contributed by atoms with van der Waals surface area (Å²) >= 11 is 5.84. The van der Waals surface area contributed by atoms with E-state index in [2.05, 4.69) is 5.32 Å². The zero-order valence-electron chi connectivity index (χ0n) is 20.2. The number of hydrogen-bond donors (Lipinski definition) is 1. The normalized spacial score (nSPS) is 12.7. The fraction of sp³-hybridized carbons (Fsp3) is 0.417. The Morgan fingerprint density at radius 2 is 1.71 bits per heavy atom. The second kappa shape index (κ2) is 10.7. The van der Waals surface area contributed by atoms with Crippen LogP contribution in [-0.4, -0.2) is 49.5 Å². The number of hydrogen-bond acceptors (Lipinski definition) is 4. The largest absolute Gasteiger partial charge is 0.350 e. The first-order valence-electron chi connectivity index (χ1n) is 10.7. The number of carbonyl (C=O) groups is 2. The molecule has 0 aromatic heterocycles. The van der Waals surface area contributed by atoms with Gasteiger partial charge in [0.05, 0.1) is 17.0 Å². The maximum atomic E-state index is 13.6. The van der Waals surface area contributed by atoms with Gasteiger partial charge in [-0.15, -0.1) is 0 Å². The Labute approximate surface area is 205 Å². The lowest BCUT2D eigenvalue weighted by molar-refractivity contribution is -0.140. The van der Waals surface area contributed by atoms with Crippen LogP contribution in [0.4, 0.5) is 10.1 Å². The molecular weight excluding hydrogens is 481 g/mol. The summed E-state index contributed by atoms with van der Waals surface area (Å²) in [5.74, 6) is -1.68. The quantitative estimate of drug-likeness (QED) is 0.582. The number of benzene rings is 2. The van der Waals surface area contributed by atoms with Crippen LogP contribution in [0.1, 0.15) is 38.8 Å². The minimum Gasteiger partial charge on any atom is -0.350 e. The molecule has 0 heterocycles. The van der Waals surface area contributed by atoms with Gasteiger partial charge in [0.1, 0.15) is 18.4 Å². The van der Waals surface area contributed by atoms with Gasteiger partial charge in [-0.05, 0) is 58.4 Å². The third kappa shape index (κ3) is 7.70. The molecule has 0 unspecified atom stereocenters. The monoisotopic (exact) mass is 511 g/mol. The van der Waals surface area contributed by atoms with Gasteiger partial charge in [0.15, 0.2) is 0 Å². The van der Waals surface area contributed by atoms with E-state index in [1.165, 1.54) is 11.0 Å². The Balaban J connectivity index is 2.41. The molecule has 0 spiro atoms. The molecule has 0 radical (unpaired) electrons. The highest BCUT2D eigenvalue weighted by Gasteiger charge is 2.31. The van der Waals surface area contributed by atoms with Crippen LogP contribution in [0, 0.1) is 12.7 Å². The topological polar surface area (TPSA) is 86.8 Å². The van der Waals surface area contributed by atoms with E-state index in [4.69, 9.17) is 11.6 Å². The van der Waals surface area contributed by atoms with Crippen LogP contribution < -0.4 is 9.62 Å². The summed E-state index contributed by atoms with van der Waals surface area (Å²) in [6.45, 7) is 8.52. The lowest BCUT2D eigenvalue weighted by Crippen LogP contribution is -2.54. The minimum atomic E-state index is -3.93. The number of nitrogens with zero attached hydrogens (tertiary/aromatic N) is 2. The number of sulfonamides is 1. The summed E-state index contributed by atoms with van der Waals surface area (Å²) < 4.78 is 39.5. The zero-order chi connectivity index (χ0) is 25.8. The van der Waals surface area contributed by atoms with Crippen molar-refractivity contribution in [3.8, 4) is 0 Å². The van der Waals surface area contributed by atoms with Crippen molar-refractivity contribution in [2.45, 2.75) is 52.7 Å². The van der Waals surface area contributed by atoms with E-state index in [0.717, 1.165) is 33.8 Å². The highest BCUT2D eigenvalue weighted by atomic mass is 35.5. The summed E-state index contributed by atoms with van der Waals surface area (Å²) in [7, 11) is -3.93. The lowest BCUT2D eigenvalue weighted by atomic mass is 10.1. The molecule has 2 aromatic carbocycles.